The summed E-state index contributed by atoms with van der Waals surface area (Å²) in [4.78, 5) is 14.3. The number of fused-ring (bicyclic) bond motifs is 1. The number of amides is 2. The maximum absolute atomic E-state index is 11.4. The Hall–Kier alpha value is -1.20. The molecule has 0 radical (unpaired) electrons. The molecule has 5 heteroatoms. The summed E-state index contributed by atoms with van der Waals surface area (Å²) in [5, 5.41) is 6.39. The zero-order valence-corrected chi connectivity index (χ0v) is 12.3. The average molecular weight is 279 g/mol. The Labute approximate surface area is 118 Å². The maximum Gasteiger partial charge on any atom is 0.316 e. The van der Waals surface area contributed by atoms with Gasteiger partial charge in [0.2, 0.25) is 0 Å². The molecule has 1 aromatic rings. The smallest absolute Gasteiger partial charge is 0.316 e. The number of rotatable bonds is 4. The van der Waals surface area contributed by atoms with E-state index in [9.17, 15) is 4.79 Å². The third kappa shape index (κ3) is 3.88. The number of carbonyl (C=O) groups excluding carboxylic acids is 1. The lowest BCUT2D eigenvalue weighted by atomic mass is 10.0. The molecule has 1 aliphatic rings. The molecular formula is C14H21N3OS. The van der Waals surface area contributed by atoms with E-state index in [1.165, 1.54) is 10.5 Å². The summed E-state index contributed by atoms with van der Waals surface area (Å²) in [6.45, 7) is 1.45. The first-order valence-corrected chi connectivity index (χ1v) is 7.57. The number of thioether (sulfide) groups is 1. The molecule has 19 heavy (non-hydrogen) atoms. The third-order valence-corrected chi connectivity index (χ3v) is 4.28. The van der Waals surface area contributed by atoms with E-state index in [-0.39, 0.29) is 6.03 Å². The van der Waals surface area contributed by atoms with Crippen LogP contribution in [-0.2, 0) is 0 Å². The Bertz CT molecular complexity index is 436. The minimum atomic E-state index is -0.0404. The maximum atomic E-state index is 11.4. The Balaban J connectivity index is 1.80. The van der Waals surface area contributed by atoms with Crippen molar-refractivity contribution in [2.75, 3.05) is 32.9 Å². The van der Waals surface area contributed by atoms with E-state index in [1.54, 1.807) is 19.0 Å². The molecule has 104 valence electrons. The third-order valence-electron chi connectivity index (χ3n) is 3.16. The van der Waals surface area contributed by atoms with Crippen LogP contribution in [0, 0.1) is 0 Å². The molecule has 2 amide bonds. The van der Waals surface area contributed by atoms with Gasteiger partial charge in [-0.05, 0) is 23.8 Å². The normalized spacial score (nSPS) is 17.7. The zero-order valence-electron chi connectivity index (χ0n) is 11.5. The average Bonchev–Trinajstić information content (AvgIpc) is 2.43. The van der Waals surface area contributed by atoms with Crippen molar-refractivity contribution in [1.82, 2.24) is 15.5 Å². The van der Waals surface area contributed by atoms with Gasteiger partial charge in [-0.3, -0.25) is 0 Å². The van der Waals surface area contributed by atoms with Crippen LogP contribution in [0.2, 0.25) is 0 Å². The summed E-state index contributed by atoms with van der Waals surface area (Å²) in [7, 11) is 3.49. The molecule has 0 aromatic heterocycles. The minimum Gasteiger partial charge on any atom is -0.337 e. The number of hydrogen-bond donors (Lipinski definition) is 2. The lowest BCUT2D eigenvalue weighted by Crippen LogP contribution is -2.39. The highest BCUT2D eigenvalue weighted by atomic mass is 32.2. The summed E-state index contributed by atoms with van der Waals surface area (Å²) in [6, 6.07) is 8.92. The molecule has 1 aliphatic heterocycles. The van der Waals surface area contributed by atoms with Crippen LogP contribution in [0.1, 0.15) is 18.0 Å². The summed E-state index contributed by atoms with van der Waals surface area (Å²) in [5.41, 5.74) is 1.39. The summed E-state index contributed by atoms with van der Waals surface area (Å²) in [6.07, 6.45) is 1.14. The topological polar surface area (TPSA) is 44.4 Å². The van der Waals surface area contributed by atoms with Gasteiger partial charge in [0, 0.05) is 38.1 Å². The minimum absolute atomic E-state index is 0.0404. The lowest BCUT2D eigenvalue weighted by Gasteiger charge is -2.26. The van der Waals surface area contributed by atoms with Gasteiger partial charge in [-0.1, -0.05) is 18.2 Å². The number of hydrogen-bond acceptors (Lipinski definition) is 3. The molecule has 2 rings (SSSR count). The second-order valence-corrected chi connectivity index (χ2v) is 5.94. The fraction of sp³-hybridized carbons (Fsp3) is 0.500. The molecule has 0 saturated carbocycles. The van der Waals surface area contributed by atoms with E-state index in [0.29, 0.717) is 12.6 Å². The molecule has 1 aromatic carbocycles. The number of urea groups is 1. The molecule has 1 heterocycles. The van der Waals surface area contributed by atoms with Crippen LogP contribution in [0.5, 0.6) is 0 Å². The van der Waals surface area contributed by atoms with Crippen LogP contribution < -0.4 is 10.6 Å². The van der Waals surface area contributed by atoms with Gasteiger partial charge in [-0.2, -0.15) is 0 Å². The van der Waals surface area contributed by atoms with Crippen molar-refractivity contribution in [3.63, 3.8) is 0 Å². The van der Waals surface area contributed by atoms with E-state index in [0.717, 1.165) is 18.7 Å². The Kier molecular flexibility index (Phi) is 5.10. The van der Waals surface area contributed by atoms with Gasteiger partial charge in [0.05, 0.1) is 0 Å². The van der Waals surface area contributed by atoms with Crippen molar-refractivity contribution >= 4 is 17.8 Å². The summed E-state index contributed by atoms with van der Waals surface area (Å²) in [5.74, 6) is 1.15. The fourth-order valence-corrected chi connectivity index (χ4v) is 3.25. The predicted octanol–water partition coefficient (Wildman–Crippen LogP) is 2.08. The van der Waals surface area contributed by atoms with E-state index in [1.807, 2.05) is 11.8 Å². The quantitative estimate of drug-likeness (QED) is 0.830. The highest BCUT2D eigenvalue weighted by Gasteiger charge is 2.19. The van der Waals surface area contributed by atoms with E-state index in [2.05, 4.69) is 34.9 Å². The Morgan fingerprint density at radius 1 is 1.37 bits per heavy atom. The predicted molar refractivity (Wildman–Crippen MR) is 79.6 cm³/mol. The van der Waals surface area contributed by atoms with Crippen LogP contribution in [0.15, 0.2) is 29.2 Å². The van der Waals surface area contributed by atoms with Crippen molar-refractivity contribution < 1.29 is 4.79 Å². The van der Waals surface area contributed by atoms with Gasteiger partial charge < -0.3 is 15.5 Å². The van der Waals surface area contributed by atoms with Gasteiger partial charge in [0.1, 0.15) is 0 Å². The standard InChI is InChI=1S/C14H21N3OS/c1-17(2)14(18)16-9-8-15-12-7-10-19-13-6-4-3-5-11(12)13/h3-6,12,15H,7-10H2,1-2H3,(H,16,18). The zero-order chi connectivity index (χ0) is 13.7. The molecule has 0 bridgehead atoms. The highest BCUT2D eigenvalue weighted by molar-refractivity contribution is 7.99. The molecule has 4 nitrogen and oxygen atoms in total. The SMILES string of the molecule is CN(C)C(=O)NCCNC1CCSc2ccccc21. The van der Waals surface area contributed by atoms with E-state index < -0.39 is 0 Å². The number of benzene rings is 1. The number of nitrogens with one attached hydrogen (secondary N) is 2. The molecule has 0 saturated heterocycles. The van der Waals surface area contributed by atoms with Crippen LogP contribution in [0.3, 0.4) is 0 Å². The highest BCUT2D eigenvalue weighted by Crippen LogP contribution is 2.35. The Morgan fingerprint density at radius 3 is 2.95 bits per heavy atom. The lowest BCUT2D eigenvalue weighted by molar-refractivity contribution is 0.217. The van der Waals surface area contributed by atoms with Crippen molar-refractivity contribution in [3.05, 3.63) is 29.8 Å². The van der Waals surface area contributed by atoms with Crippen molar-refractivity contribution in [2.45, 2.75) is 17.4 Å². The van der Waals surface area contributed by atoms with Crippen LogP contribution in [0.25, 0.3) is 0 Å². The summed E-state index contributed by atoms with van der Waals surface area (Å²) >= 11 is 1.92. The fourth-order valence-electron chi connectivity index (χ4n) is 2.13. The molecule has 1 atom stereocenters. The largest absolute Gasteiger partial charge is 0.337 e. The van der Waals surface area contributed by atoms with Crippen molar-refractivity contribution in [2.24, 2.45) is 0 Å². The van der Waals surface area contributed by atoms with Crippen LogP contribution in [0.4, 0.5) is 4.79 Å². The molecular weight excluding hydrogens is 258 g/mol. The first kappa shape index (κ1) is 14.2. The molecule has 0 aliphatic carbocycles. The van der Waals surface area contributed by atoms with Crippen molar-refractivity contribution in [1.29, 1.82) is 0 Å². The van der Waals surface area contributed by atoms with E-state index in [4.69, 9.17) is 0 Å². The first-order valence-electron chi connectivity index (χ1n) is 6.59. The van der Waals surface area contributed by atoms with Crippen molar-refractivity contribution in [3.8, 4) is 0 Å². The molecule has 1 unspecified atom stereocenters. The van der Waals surface area contributed by atoms with E-state index >= 15 is 0 Å². The second kappa shape index (κ2) is 6.82. The monoisotopic (exact) mass is 279 g/mol. The van der Waals surface area contributed by atoms with Gasteiger partial charge in [-0.15, -0.1) is 11.8 Å². The molecule has 0 spiro atoms. The number of carbonyl (C=O) groups is 1. The first-order chi connectivity index (χ1) is 9.18. The van der Waals surface area contributed by atoms with Gasteiger partial charge in [0.15, 0.2) is 0 Å². The van der Waals surface area contributed by atoms with Crippen LogP contribution in [-0.4, -0.2) is 43.9 Å². The van der Waals surface area contributed by atoms with Gasteiger partial charge in [-0.25, -0.2) is 4.79 Å². The molecule has 0 fully saturated rings. The molecule has 2 N–H and O–H groups in total. The van der Waals surface area contributed by atoms with Gasteiger partial charge >= 0.3 is 6.03 Å². The van der Waals surface area contributed by atoms with Gasteiger partial charge in [0.25, 0.3) is 0 Å². The Morgan fingerprint density at radius 2 is 2.16 bits per heavy atom. The number of nitrogens with zero attached hydrogens (tertiary/aromatic N) is 1. The van der Waals surface area contributed by atoms with Crippen LogP contribution >= 0.6 is 11.8 Å². The summed E-state index contributed by atoms with van der Waals surface area (Å²) < 4.78 is 0. The second-order valence-electron chi connectivity index (χ2n) is 4.81.